The Morgan fingerprint density at radius 2 is 2.10 bits per heavy atom. The summed E-state index contributed by atoms with van der Waals surface area (Å²) in [5.41, 5.74) is 0.495. The second-order valence-electron chi connectivity index (χ2n) is 4.19. The molecule has 0 aromatic carbocycles. The van der Waals surface area contributed by atoms with Crippen LogP contribution in [0.3, 0.4) is 0 Å². The molecule has 2 heterocycles. The lowest BCUT2D eigenvalue weighted by Gasteiger charge is -2.09. The largest absolute Gasteiger partial charge is 0.462 e. The standard InChI is InChI=1S/C8H9NO2.C5H10O5/c1-2-11-8(10)7-4-3-5-9-6-7;6-1-2-3(7)4(8)5(9)10-2/h3-6H,2H2,1H3;2-9H,1H2/t;2-,3-,4-,5?/m.1/s1. The maximum Gasteiger partial charge on any atom is 0.339 e. The third kappa shape index (κ3) is 5.03. The molecule has 1 aromatic heterocycles. The number of ether oxygens (including phenoxy) is 2. The van der Waals surface area contributed by atoms with Gasteiger partial charge in [-0.15, -0.1) is 0 Å². The van der Waals surface area contributed by atoms with Crippen LogP contribution in [0.25, 0.3) is 0 Å². The molecule has 118 valence electrons. The van der Waals surface area contributed by atoms with Crippen molar-refractivity contribution in [3.63, 3.8) is 0 Å². The zero-order valence-corrected chi connectivity index (χ0v) is 11.5. The molecular weight excluding hydrogens is 282 g/mol. The maximum absolute atomic E-state index is 11.0. The molecule has 0 saturated carbocycles. The van der Waals surface area contributed by atoms with E-state index in [1.165, 1.54) is 6.20 Å². The number of aliphatic hydroxyl groups is 4. The van der Waals surface area contributed by atoms with Crippen LogP contribution in [0.2, 0.25) is 0 Å². The third-order valence-electron chi connectivity index (χ3n) is 2.69. The van der Waals surface area contributed by atoms with Crippen molar-refractivity contribution in [1.82, 2.24) is 4.98 Å². The van der Waals surface area contributed by atoms with E-state index in [0.717, 1.165) is 0 Å². The number of aliphatic hydroxyl groups excluding tert-OH is 4. The maximum atomic E-state index is 11.0. The van der Waals surface area contributed by atoms with Crippen LogP contribution in [-0.4, -0.2) is 69.2 Å². The number of carbonyl (C=O) groups is 1. The van der Waals surface area contributed by atoms with E-state index in [0.29, 0.717) is 12.2 Å². The first-order chi connectivity index (χ1) is 10.0. The zero-order valence-electron chi connectivity index (χ0n) is 11.5. The number of aromatic nitrogens is 1. The van der Waals surface area contributed by atoms with E-state index >= 15 is 0 Å². The minimum Gasteiger partial charge on any atom is -0.462 e. The summed E-state index contributed by atoms with van der Waals surface area (Å²) >= 11 is 0. The van der Waals surface area contributed by atoms with Crippen molar-refractivity contribution in [3.8, 4) is 0 Å². The molecule has 21 heavy (non-hydrogen) atoms. The summed E-state index contributed by atoms with van der Waals surface area (Å²) in [6.07, 6.45) is -1.66. The summed E-state index contributed by atoms with van der Waals surface area (Å²) in [5, 5.41) is 35.0. The smallest absolute Gasteiger partial charge is 0.339 e. The highest BCUT2D eigenvalue weighted by Gasteiger charge is 2.41. The normalized spacial score (nSPS) is 27.7. The van der Waals surface area contributed by atoms with Gasteiger partial charge < -0.3 is 29.9 Å². The number of pyridine rings is 1. The fourth-order valence-corrected chi connectivity index (χ4v) is 1.58. The second kappa shape index (κ2) is 8.65. The lowest BCUT2D eigenvalue weighted by Crippen LogP contribution is -2.33. The molecule has 0 amide bonds. The molecule has 4 N–H and O–H groups in total. The highest BCUT2D eigenvalue weighted by molar-refractivity contribution is 5.88. The van der Waals surface area contributed by atoms with Gasteiger partial charge >= 0.3 is 5.97 Å². The first kappa shape index (κ1) is 17.5. The predicted octanol–water partition coefficient (Wildman–Crippen LogP) is -1.32. The van der Waals surface area contributed by atoms with Crippen LogP contribution >= 0.6 is 0 Å². The van der Waals surface area contributed by atoms with E-state index in [1.807, 2.05) is 0 Å². The summed E-state index contributed by atoms with van der Waals surface area (Å²) in [4.78, 5) is 14.8. The summed E-state index contributed by atoms with van der Waals surface area (Å²) in [6, 6.07) is 3.37. The van der Waals surface area contributed by atoms with Gasteiger partial charge in [0.1, 0.15) is 18.3 Å². The van der Waals surface area contributed by atoms with Gasteiger partial charge in [0.15, 0.2) is 6.29 Å². The minimum absolute atomic E-state index is 0.319. The molecule has 0 spiro atoms. The third-order valence-corrected chi connectivity index (χ3v) is 2.69. The fourth-order valence-electron chi connectivity index (χ4n) is 1.58. The molecule has 1 saturated heterocycles. The molecule has 1 aliphatic heterocycles. The lowest BCUT2D eigenvalue weighted by molar-refractivity contribution is -0.132. The molecule has 1 aliphatic rings. The molecule has 1 aromatic rings. The first-order valence-electron chi connectivity index (χ1n) is 6.38. The lowest BCUT2D eigenvalue weighted by atomic mass is 10.1. The van der Waals surface area contributed by atoms with Crippen LogP contribution in [0.4, 0.5) is 0 Å². The van der Waals surface area contributed by atoms with Crippen molar-refractivity contribution in [1.29, 1.82) is 0 Å². The van der Waals surface area contributed by atoms with Gasteiger partial charge in [0.05, 0.1) is 18.8 Å². The first-order valence-corrected chi connectivity index (χ1v) is 6.38. The van der Waals surface area contributed by atoms with Gasteiger partial charge in [-0.25, -0.2) is 4.79 Å². The molecule has 2 rings (SSSR count). The highest BCUT2D eigenvalue weighted by atomic mass is 16.6. The number of hydrogen-bond acceptors (Lipinski definition) is 8. The van der Waals surface area contributed by atoms with Gasteiger partial charge in [-0.3, -0.25) is 4.98 Å². The minimum atomic E-state index is -1.38. The van der Waals surface area contributed by atoms with Crippen LogP contribution < -0.4 is 0 Å². The summed E-state index contributed by atoms with van der Waals surface area (Å²) < 4.78 is 9.29. The van der Waals surface area contributed by atoms with Crippen molar-refractivity contribution in [2.24, 2.45) is 0 Å². The van der Waals surface area contributed by atoms with E-state index in [2.05, 4.69) is 9.72 Å². The van der Waals surface area contributed by atoms with Gasteiger partial charge in [0.25, 0.3) is 0 Å². The molecule has 8 heteroatoms. The Kier molecular flexibility index (Phi) is 7.20. The molecule has 1 fully saturated rings. The van der Waals surface area contributed by atoms with Gasteiger partial charge in [0, 0.05) is 12.4 Å². The Balaban J connectivity index is 0.000000211. The van der Waals surface area contributed by atoms with Crippen LogP contribution in [0.5, 0.6) is 0 Å². The van der Waals surface area contributed by atoms with Crippen LogP contribution in [0, 0.1) is 0 Å². The Hall–Kier alpha value is -1.58. The number of rotatable bonds is 3. The number of hydrogen-bond donors (Lipinski definition) is 4. The molecule has 0 bridgehead atoms. The molecule has 0 aliphatic carbocycles. The Bertz CT molecular complexity index is 428. The van der Waals surface area contributed by atoms with Crippen LogP contribution in [-0.2, 0) is 9.47 Å². The zero-order chi connectivity index (χ0) is 15.8. The summed E-state index contributed by atoms with van der Waals surface area (Å²) in [7, 11) is 0. The monoisotopic (exact) mass is 301 g/mol. The van der Waals surface area contributed by atoms with Gasteiger partial charge in [0.2, 0.25) is 0 Å². The van der Waals surface area contributed by atoms with E-state index in [-0.39, 0.29) is 5.97 Å². The second-order valence-corrected chi connectivity index (χ2v) is 4.19. The average molecular weight is 301 g/mol. The average Bonchev–Trinajstić information content (AvgIpc) is 2.76. The summed E-state index contributed by atoms with van der Waals surface area (Å²) in [5.74, 6) is -0.319. The molecule has 0 radical (unpaired) electrons. The Morgan fingerprint density at radius 1 is 1.38 bits per heavy atom. The van der Waals surface area contributed by atoms with Crippen molar-refractivity contribution >= 4 is 5.97 Å². The van der Waals surface area contributed by atoms with E-state index in [1.54, 1.807) is 25.3 Å². The molecule has 4 atom stereocenters. The number of nitrogens with zero attached hydrogens (tertiary/aromatic N) is 1. The molecule has 1 unspecified atom stereocenters. The van der Waals surface area contributed by atoms with Crippen molar-refractivity contribution in [2.75, 3.05) is 13.2 Å². The number of esters is 1. The fraction of sp³-hybridized carbons (Fsp3) is 0.538. The quantitative estimate of drug-likeness (QED) is 0.506. The van der Waals surface area contributed by atoms with Gasteiger partial charge in [-0.1, -0.05) is 0 Å². The van der Waals surface area contributed by atoms with Crippen LogP contribution in [0.15, 0.2) is 24.5 Å². The van der Waals surface area contributed by atoms with Crippen molar-refractivity contribution in [3.05, 3.63) is 30.1 Å². The molecular formula is C13H19NO7. The van der Waals surface area contributed by atoms with Crippen molar-refractivity contribution in [2.45, 2.75) is 31.5 Å². The molecule has 8 nitrogen and oxygen atoms in total. The van der Waals surface area contributed by atoms with Crippen LogP contribution in [0.1, 0.15) is 17.3 Å². The Morgan fingerprint density at radius 3 is 2.48 bits per heavy atom. The van der Waals surface area contributed by atoms with Crippen molar-refractivity contribution < 1.29 is 34.7 Å². The van der Waals surface area contributed by atoms with E-state index < -0.39 is 31.2 Å². The summed E-state index contributed by atoms with van der Waals surface area (Å²) in [6.45, 7) is 1.76. The van der Waals surface area contributed by atoms with Gasteiger partial charge in [-0.2, -0.15) is 0 Å². The topological polar surface area (TPSA) is 129 Å². The number of carbonyl (C=O) groups excluding carboxylic acids is 1. The SMILES string of the molecule is CCOC(=O)c1cccnc1.OC[C@H]1OC(O)[C@H](O)[C@@H]1O. The van der Waals surface area contributed by atoms with E-state index in [9.17, 15) is 4.79 Å². The van der Waals surface area contributed by atoms with Gasteiger partial charge in [-0.05, 0) is 19.1 Å². The Labute approximate surface area is 121 Å². The highest BCUT2D eigenvalue weighted by Crippen LogP contribution is 2.18. The van der Waals surface area contributed by atoms with E-state index in [4.69, 9.17) is 25.2 Å². The predicted molar refractivity (Wildman–Crippen MR) is 70.2 cm³/mol.